The molecule has 4 heteroatoms. The van der Waals surface area contributed by atoms with Crippen LogP contribution in [0.3, 0.4) is 0 Å². The summed E-state index contributed by atoms with van der Waals surface area (Å²) in [6, 6.07) is 7.76. The maximum Gasteiger partial charge on any atom is 0.223 e. The summed E-state index contributed by atoms with van der Waals surface area (Å²) in [6.07, 6.45) is 4.15. The van der Waals surface area contributed by atoms with Crippen molar-refractivity contribution >= 4 is 5.91 Å². The van der Waals surface area contributed by atoms with E-state index in [0.29, 0.717) is 12.6 Å². The fourth-order valence-corrected chi connectivity index (χ4v) is 2.64. The first-order valence-corrected chi connectivity index (χ1v) is 7.16. The molecule has 1 amide bonds. The van der Waals surface area contributed by atoms with Crippen molar-refractivity contribution in [2.45, 2.75) is 38.3 Å². The lowest BCUT2D eigenvalue weighted by Crippen LogP contribution is -2.34. The van der Waals surface area contributed by atoms with Crippen molar-refractivity contribution in [2.75, 3.05) is 14.2 Å². The van der Waals surface area contributed by atoms with Gasteiger partial charge in [0.1, 0.15) is 5.75 Å². The van der Waals surface area contributed by atoms with Gasteiger partial charge in [0.15, 0.2) is 0 Å². The molecule has 4 nitrogen and oxygen atoms in total. The molecule has 0 unspecified atom stereocenters. The van der Waals surface area contributed by atoms with Crippen LogP contribution in [0.2, 0.25) is 0 Å². The molecule has 0 bridgehead atoms. The summed E-state index contributed by atoms with van der Waals surface area (Å²) >= 11 is 0. The Kier molecular flexibility index (Phi) is 5.41. The van der Waals surface area contributed by atoms with Crippen LogP contribution >= 0.6 is 0 Å². The summed E-state index contributed by atoms with van der Waals surface area (Å²) in [7, 11) is 3.39. The Morgan fingerprint density at radius 2 is 1.80 bits per heavy atom. The Hall–Kier alpha value is -1.55. The number of nitrogens with one attached hydrogen (secondary N) is 1. The SMILES string of the molecule is COc1ccc(CNC(=O)C2CCC(OC)CC2)cc1. The third-order valence-corrected chi connectivity index (χ3v) is 4.00. The molecule has 0 saturated heterocycles. The highest BCUT2D eigenvalue weighted by atomic mass is 16.5. The Labute approximate surface area is 120 Å². The summed E-state index contributed by atoms with van der Waals surface area (Å²) in [5.74, 6) is 1.13. The molecule has 2 rings (SSSR count). The van der Waals surface area contributed by atoms with Gasteiger partial charge in [-0.25, -0.2) is 0 Å². The maximum absolute atomic E-state index is 12.1. The van der Waals surface area contributed by atoms with Gasteiger partial charge in [-0.2, -0.15) is 0 Å². The van der Waals surface area contributed by atoms with Gasteiger partial charge in [-0.1, -0.05) is 12.1 Å². The van der Waals surface area contributed by atoms with E-state index in [2.05, 4.69) is 5.32 Å². The Morgan fingerprint density at radius 3 is 2.35 bits per heavy atom. The number of benzene rings is 1. The molecule has 0 atom stereocenters. The van der Waals surface area contributed by atoms with Crippen LogP contribution in [0.5, 0.6) is 5.75 Å². The number of carbonyl (C=O) groups excluding carboxylic acids is 1. The maximum atomic E-state index is 12.1. The number of methoxy groups -OCH3 is 2. The van der Waals surface area contributed by atoms with Crippen LogP contribution in [0, 0.1) is 5.92 Å². The highest BCUT2D eigenvalue weighted by Crippen LogP contribution is 2.26. The standard InChI is InChI=1S/C16H23NO3/c1-19-14-7-3-12(4-8-14)11-17-16(18)13-5-9-15(20-2)10-6-13/h3-4,7-8,13,15H,5-6,9-11H2,1-2H3,(H,17,18). The molecule has 0 spiro atoms. The molecular weight excluding hydrogens is 254 g/mol. The normalized spacial score (nSPS) is 22.3. The van der Waals surface area contributed by atoms with Crippen molar-refractivity contribution in [3.05, 3.63) is 29.8 Å². The molecule has 20 heavy (non-hydrogen) atoms. The Bertz CT molecular complexity index is 422. The molecule has 0 heterocycles. The van der Waals surface area contributed by atoms with Gasteiger partial charge in [0, 0.05) is 19.6 Å². The lowest BCUT2D eigenvalue weighted by atomic mass is 9.87. The van der Waals surface area contributed by atoms with Gasteiger partial charge in [0.05, 0.1) is 13.2 Å². The van der Waals surface area contributed by atoms with E-state index < -0.39 is 0 Å². The van der Waals surface area contributed by atoms with Crippen LogP contribution in [0.4, 0.5) is 0 Å². The van der Waals surface area contributed by atoms with Crippen LogP contribution in [0.25, 0.3) is 0 Å². The molecule has 1 aliphatic carbocycles. The first-order valence-electron chi connectivity index (χ1n) is 7.16. The lowest BCUT2D eigenvalue weighted by Gasteiger charge is -2.26. The van der Waals surface area contributed by atoms with Crippen molar-refractivity contribution < 1.29 is 14.3 Å². The third kappa shape index (κ3) is 3.97. The van der Waals surface area contributed by atoms with E-state index in [-0.39, 0.29) is 11.8 Å². The van der Waals surface area contributed by atoms with Crippen LogP contribution < -0.4 is 10.1 Å². The minimum atomic E-state index is 0.139. The highest BCUT2D eigenvalue weighted by molar-refractivity contribution is 5.78. The van der Waals surface area contributed by atoms with Gasteiger partial charge < -0.3 is 14.8 Å². The summed E-state index contributed by atoms with van der Waals surface area (Å²) in [5.41, 5.74) is 1.09. The van der Waals surface area contributed by atoms with E-state index in [4.69, 9.17) is 9.47 Å². The predicted molar refractivity (Wildman–Crippen MR) is 77.6 cm³/mol. The second kappa shape index (κ2) is 7.29. The zero-order valence-corrected chi connectivity index (χ0v) is 12.2. The van der Waals surface area contributed by atoms with Crippen molar-refractivity contribution in [3.8, 4) is 5.75 Å². The van der Waals surface area contributed by atoms with Gasteiger partial charge >= 0.3 is 0 Å². The second-order valence-corrected chi connectivity index (χ2v) is 5.28. The van der Waals surface area contributed by atoms with Gasteiger partial charge in [-0.15, -0.1) is 0 Å². The van der Waals surface area contributed by atoms with Crippen LogP contribution in [0.1, 0.15) is 31.2 Å². The third-order valence-electron chi connectivity index (χ3n) is 4.00. The molecular formula is C16H23NO3. The van der Waals surface area contributed by atoms with Crippen LogP contribution in [0.15, 0.2) is 24.3 Å². The lowest BCUT2D eigenvalue weighted by molar-refractivity contribution is -0.126. The molecule has 1 fully saturated rings. The molecule has 1 N–H and O–H groups in total. The molecule has 0 radical (unpaired) electrons. The van der Waals surface area contributed by atoms with E-state index in [1.807, 2.05) is 24.3 Å². The number of hydrogen-bond acceptors (Lipinski definition) is 3. The fourth-order valence-electron chi connectivity index (χ4n) is 2.64. The largest absolute Gasteiger partial charge is 0.497 e. The minimum absolute atomic E-state index is 0.139. The van der Waals surface area contributed by atoms with E-state index in [0.717, 1.165) is 37.0 Å². The summed E-state index contributed by atoms with van der Waals surface area (Å²) < 4.78 is 10.4. The monoisotopic (exact) mass is 277 g/mol. The van der Waals surface area contributed by atoms with Crippen molar-refractivity contribution in [1.82, 2.24) is 5.32 Å². The van der Waals surface area contributed by atoms with Crippen molar-refractivity contribution in [1.29, 1.82) is 0 Å². The Balaban J connectivity index is 1.77. The number of amides is 1. The smallest absolute Gasteiger partial charge is 0.223 e. The molecule has 1 aliphatic rings. The van der Waals surface area contributed by atoms with Crippen molar-refractivity contribution in [3.63, 3.8) is 0 Å². The van der Waals surface area contributed by atoms with E-state index in [9.17, 15) is 4.79 Å². The minimum Gasteiger partial charge on any atom is -0.497 e. The number of carbonyl (C=O) groups is 1. The average Bonchev–Trinajstić information content (AvgIpc) is 2.53. The van der Waals surface area contributed by atoms with Crippen LogP contribution in [-0.2, 0) is 16.1 Å². The van der Waals surface area contributed by atoms with Crippen molar-refractivity contribution in [2.24, 2.45) is 5.92 Å². The van der Waals surface area contributed by atoms with Crippen LogP contribution in [-0.4, -0.2) is 26.2 Å². The summed E-state index contributed by atoms with van der Waals surface area (Å²) in [5, 5.41) is 3.02. The molecule has 1 aromatic rings. The van der Waals surface area contributed by atoms with E-state index >= 15 is 0 Å². The first kappa shape index (κ1) is 14.9. The van der Waals surface area contributed by atoms with E-state index in [1.165, 1.54) is 0 Å². The summed E-state index contributed by atoms with van der Waals surface area (Å²) in [6.45, 7) is 0.576. The zero-order chi connectivity index (χ0) is 14.4. The van der Waals surface area contributed by atoms with Gasteiger partial charge in [0.2, 0.25) is 5.91 Å². The summed E-state index contributed by atoms with van der Waals surface area (Å²) in [4.78, 5) is 12.1. The Morgan fingerprint density at radius 1 is 1.15 bits per heavy atom. The predicted octanol–water partition coefficient (Wildman–Crippen LogP) is 2.52. The fraction of sp³-hybridized carbons (Fsp3) is 0.562. The highest BCUT2D eigenvalue weighted by Gasteiger charge is 2.25. The second-order valence-electron chi connectivity index (χ2n) is 5.28. The number of hydrogen-bond donors (Lipinski definition) is 1. The van der Waals surface area contributed by atoms with Gasteiger partial charge in [-0.3, -0.25) is 4.79 Å². The number of rotatable bonds is 5. The van der Waals surface area contributed by atoms with Gasteiger partial charge in [-0.05, 0) is 43.4 Å². The molecule has 110 valence electrons. The zero-order valence-electron chi connectivity index (χ0n) is 12.2. The molecule has 0 aromatic heterocycles. The molecule has 1 saturated carbocycles. The average molecular weight is 277 g/mol. The molecule has 0 aliphatic heterocycles. The van der Waals surface area contributed by atoms with E-state index in [1.54, 1.807) is 14.2 Å². The topological polar surface area (TPSA) is 47.6 Å². The molecule has 1 aromatic carbocycles. The number of ether oxygens (including phenoxy) is 2. The van der Waals surface area contributed by atoms with Gasteiger partial charge in [0.25, 0.3) is 0 Å². The quantitative estimate of drug-likeness (QED) is 0.899. The first-order chi connectivity index (χ1) is 9.72.